The minimum Gasteiger partial charge on any atom is -0.494 e. The zero-order chi connectivity index (χ0) is 28.3. The molecule has 1 saturated heterocycles. The van der Waals surface area contributed by atoms with Gasteiger partial charge in [-0.05, 0) is 56.4 Å². The van der Waals surface area contributed by atoms with E-state index in [0.29, 0.717) is 48.7 Å². The van der Waals surface area contributed by atoms with Crippen molar-refractivity contribution in [1.29, 1.82) is 0 Å². The molecule has 13 heteroatoms. The van der Waals surface area contributed by atoms with Crippen LogP contribution in [0.2, 0.25) is 0 Å². The molecule has 0 spiro atoms. The van der Waals surface area contributed by atoms with Gasteiger partial charge in [0.1, 0.15) is 11.9 Å². The molecule has 0 aromatic heterocycles. The third-order valence-electron chi connectivity index (χ3n) is 6.56. The fourth-order valence-corrected chi connectivity index (χ4v) is 5.21. The molecule has 0 aliphatic carbocycles. The highest BCUT2D eigenvalue weighted by Gasteiger charge is 2.34. The molecule has 1 heterocycles. The lowest BCUT2D eigenvalue weighted by Gasteiger charge is -2.29. The van der Waals surface area contributed by atoms with Crippen LogP contribution in [0.25, 0.3) is 0 Å². The summed E-state index contributed by atoms with van der Waals surface area (Å²) in [6.45, 7) is 5.73. The normalized spacial score (nSPS) is 18.9. The highest BCUT2D eigenvalue weighted by molar-refractivity contribution is 7.60. The Morgan fingerprint density at radius 2 is 1.92 bits per heavy atom. The van der Waals surface area contributed by atoms with Crippen LogP contribution in [0, 0.1) is 5.92 Å². The molecule has 2 unspecified atom stereocenters. The second-order valence-electron chi connectivity index (χ2n) is 9.25. The number of hydrogen-bond donors (Lipinski definition) is 5. The quantitative estimate of drug-likeness (QED) is 0.0509. The van der Waals surface area contributed by atoms with Crippen LogP contribution in [0.15, 0.2) is 18.2 Å². The maximum atomic E-state index is 12.9. The van der Waals surface area contributed by atoms with Crippen LogP contribution in [0.4, 0.5) is 0 Å². The fraction of sp³-hybridized carbons (Fsp3) is 0.640. The molecule has 1 aliphatic rings. The van der Waals surface area contributed by atoms with E-state index in [1.54, 1.807) is 19.9 Å². The van der Waals surface area contributed by atoms with E-state index in [0.717, 1.165) is 19.3 Å². The van der Waals surface area contributed by atoms with E-state index in [1.165, 1.54) is 12.1 Å². The molecule has 1 aliphatic heterocycles. The van der Waals surface area contributed by atoms with Gasteiger partial charge in [0.2, 0.25) is 12.3 Å². The van der Waals surface area contributed by atoms with Crippen molar-refractivity contribution in [1.82, 2.24) is 15.7 Å². The Morgan fingerprint density at radius 3 is 2.53 bits per heavy atom. The smallest absolute Gasteiger partial charge is 0.356 e. The molecule has 12 nitrogen and oxygen atoms in total. The van der Waals surface area contributed by atoms with Crippen molar-refractivity contribution < 1.29 is 43.4 Å². The lowest BCUT2D eigenvalue weighted by molar-refractivity contribution is -0.168. The molecule has 1 aromatic rings. The van der Waals surface area contributed by atoms with Crippen molar-refractivity contribution in [2.24, 2.45) is 5.92 Å². The lowest BCUT2D eigenvalue weighted by atomic mass is 9.90. The van der Waals surface area contributed by atoms with E-state index >= 15 is 0 Å². The Kier molecular flexibility index (Phi) is 12.7. The molecular formula is C25H40N3O9P. The Labute approximate surface area is 223 Å². The Hall–Kier alpha value is -2.50. The first kappa shape index (κ1) is 31.7. The molecule has 0 radical (unpaired) electrons. The van der Waals surface area contributed by atoms with Crippen molar-refractivity contribution in [3.63, 3.8) is 0 Å². The number of hydroxylamine groups is 2. The molecule has 38 heavy (non-hydrogen) atoms. The van der Waals surface area contributed by atoms with Gasteiger partial charge in [-0.2, -0.15) is 0 Å². The minimum atomic E-state index is -4.52. The maximum Gasteiger partial charge on any atom is 0.356 e. The van der Waals surface area contributed by atoms with Gasteiger partial charge >= 0.3 is 7.60 Å². The van der Waals surface area contributed by atoms with Gasteiger partial charge in [0, 0.05) is 0 Å². The summed E-state index contributed by atoms with van der Waals surface area (Å²) < 4.78 is 23.1. The van der Waals surface area contributed by atoms with Gasteiger partial charge in [-0.15, -0.1) is 0 Å². The summed E-state index contributed by atoms with van der Waals surface area (Å²) in [5.74, 6) is -1.14. The highest BCUT2D eigenvalue weighted by atomic mass is 31.2. The molecule has 2 rings (SSSR count). The van der Waals surface area contributed by atoms with Crippen LogP contribution in [0.3, 0.4) is 0 Å². The first-order chi connectivity index (χ1) is 18.0. The van der Waals surface area contributed by atoms with Crippen LogP contribution >= 0.6 is 7.60 Å². The van der Waals surface area contributed by atoms with E-state index in [1.807, 2.05) is 6.92 Å². The number of benzene rings is 1. The van der Waals surface area contributed by atoms with Crippen LogP contribution in [0.5, 0.6) is 5.75 Å². The summed E-state index contributed by atoms with van der Waals surface area (Å²) in [6.07, 6.45) is 3.26. The molecule has 1 fully saturated rings. The molecule has 0 bridgehead atoms. The minimum absolute atomic E-state index is 0.155. The van der Waals surface area contributed by atoms with Crippen molar-refractivity contribution in [2.45, 2.75) is 84.0 Å². The second kappa shape index (κ2) is 15.2. The number of carbonyl (C=O) groups is 3. The molecule has 4 atom stereocenters. The summed E-state index contributed by atoms with van der Waals surface area (Å²) in [7, 11) is -4.52. The predicted molar refractivity (Wildman–Crippen MR) is 139 cm³/mol. The third-order valence-corrected chi connectivity index (χ3v) is 7.49. The Bertz CT molecular complexity index is 987. The highest BCUT2D eigenvalue weighted by Crippen LogP contribution is 2.39. The van der Waals surface area contributed by atoms with E-state index < -0.39 is 37.7 Å². The predicted octanol–water partition coefficient (Wildman–Crippen LogP) is 2.12. The van der Waals surface area contributed by atoms with Crippen LogP contribution in [0.1, 0.15) is 77.4 Å². The Balaban J connectivity index is 1.98. The standard InChI is InChI=1S/C25H40N3O9P/c1-4-7-8-9-20(21(5-2)28(32)16-29)24(30)26-15-27-25(31)23-11-10-22(37-23)17-12-18(36-6-3)14-19(13-17)38(33,34)35/h12-14,16,20-23,32H,4-11,15H2,1-3H3,(H,26,30)(H,27,31)(H2,33,34,35)/t20-,21-,22?,23?/m1/s1. The number of nitrogens with zero attached hydrogens (tertiary/aromatic N) is 1. The van der Waals surface area contributed by atoms with Gasteiger partial charge in [-0.3, -0.25) is 24.2 Å². The maximum absolute atomic E-state index is 12.9. The monoisotopic (exact) mass is 557 g/mol. The first-order valence-corrected chi connectivity index (χ1v) is 14.6. The molecule has 1 aromatic carbocycles. The van der Waals surface area contributed by atoms with Crippen LogP contribution in [-0.2, 0) is 23.7 Å². The topological polar surface area (TPSA) is 175 Å². The molecule has 0 saturated carbocycles. The average Bonchev–Trinajstić information content (AvgIpc) is 3.38. The summed E-state index contributed by atoms with van der Waals surface area (Å²) in [6, 6.07) is 3.62. The molecule has 3 amide bonds. The number of carbonyl (C=O) groups excluding carboxylic acids is 3. The largest absolute Gasteiger partial charge is 0.494 e. The van der Waals surface area contributed by atoms with Crippen LogP contribution < -0.4 is 20.7 Å². The third kappa shape index (κ3) is 9.06. The summed E-state index contributed by atoms with van der Waals surface area (Å²) in [5.41, 5.74) is 0.502. The number of rotatable bonds is 16. The number of amides is 3. The van der Waals surface area contributed by atoms with E-state index in [4.69, 9.17) is 9.47 Å². The van der Waals surface area contributed by atoms with Gasteiger partial charge in [-0.1, -0.05) is 33.1 Å². The zero-order valence-corrected chi connectivity index (χ0v) is 23.1. The first-order valence-electron chi connectivity index (χ1n) is 13.0. The summed E-state index contributed by atoms with van der Waals surface area (Å²) in [5, 5.41) is 15.6. The summed E-state index contributed by atoms with van der Waals surface area (Å²) >= 11 is 0. The number of unbranched alkanes of at least 4 members (excludes halogenated alkanes) is 2. The zero-order valence-electron chi connectivity index (χ0n) is 22.2. The van der Waals surface area contributed by atoms with Gasteiger partial charge in [0.05, 0.1) is 36.6 Å². The van der Waals surface area contributed by atoms with E-state index in [9.17, 15) is 33.9 Å². The Morgan fingerprint density at radius 1 is 1.18 bits per heavy atom. The van der Waals surface area contributed by atoms with Crippen molar-refractivity contribution in [3.8, 4) is 5.75 Å². The van der Waals surface area contributed by atoms with Crippen molar-refractivity contribution in [2.75, 3.05) is 13.3 Å². The van der Waals surface area contributed by atoms with Crippen molar-refractivity contribution >= 4 is 31.1 Å². The van der Waals surface area contributed by atoms with Crippen LogP contribution in [-0.4, -0.2) is 63.7 Å². The SMILES string of the molecule is CCCCC[C@@H](C(=O)NCNC(=O)C1CCC(c2cc(OCC)cc(P(=O)(O)O)c2)O1)[C@@H](CC)N(O)C=O. The molecular weight excluding hydrogens is 517 g/mol. The molecule has 5 N–H and O–H groups in total. The van der Waals surface area contributed by atoms with Gasteiger partial charge in [0.25, 0.3) is 5.91 Å². The fourth-order valence-electron chi connectivity index (χ4n) is 4.60. The van der Waals surface area contributed by atoms with Crippen molar-refractivity contribution in [3.05, 3.63) is 23.8 Å². The number of hydrogen-bond acceptors (Lipinski definition) is 7. The van der Waals surface area contributed by atoms with E-state index in [-0.39, 0.29) is 24.3 Å². The van der Waals surface area contributed by atoms with Gasteiger partial charge in [-0.25, -0.2) is 5.06 Å². The number of nitrogens with one attached hydrogen (secondary N) is 2. The summed E-state index contributed by atoms with van der Waals surface area (Å²) in [4.78, 5) is 55.9. The number of ether oxygens (including phenoxy) is 2. The average molecular weight is 558 g/mol. The lowest BCUT2D eigenvalue weighted by Crippen LogP contribution is -2.48. The second-order valence-corrected chi connectivity index (χ2v) is 10.9. The van der Waals surface area contributed by atoms with Gasteiger partial charge in [0.15, 0.2) is 0 Å². The van der Waals surface area contributed by atoms with Gasteiger partial charge < -0.3 is 29.9 Å². The van der Waals surface area contributed by atoms with E-state index in [2.05, 4.69) is 10.6 Å². The molecule has 214 valence electrons.